The molecule has 3 atom stereocenters. The molecule has 7 heteroatoms. The van der Waals surface area contributed by atoms with Crippen molar-refractivity contribution in [1.82, 2.24) is 4.90 Å². The molecule has 0 aromatic heterocycles. The first-order valence-electron chi connectivity index (χ1n) is 8.81. The standard InChI is InChI=1S/C20H20N4O3/c1-2-16(14-9-5-3-6-10-14)18(22-23-21)19(25)24-17(13-27-20(24)26)15-11-7-4-8-12-15/h3-12,16-18H,2,13H2,1H3/t16-,17+,18-/m0/s1. The Morgan fingerprint density at radius 1 is 1.22 bits per heavy atom. The molecule has 2 aromatic carbocycles. The Morgan fingerprint density at radius 2 is 1.85 bits per heavy atom. The number of hydrogen-bond donors (Lipinski definition) is 0. The van der Waals surface area contributed by atoms with Crippen LogP contribution in [0.3, 0.4) is 0 Å². The Bertz CT molecular complexity index is 850. The van der Waals surface area contributed by atoms with Crippen molar-refractivity contribution in [2.24, 2.45) is 5.11 Å². The fraction of sp³-hybridized carbons (Fsp3) is 0.300. The molecule has 0 bridgehead atoms. The number of carbonyl (C=O) groups excluding carboxylic acids is 2. The van der Waals surface area contributed by atoms with Crippen molar-refractivity contribution < 1.29 is 14.3 Å². The maximum Gasteiger partial charge on any atom is 0.417 e. The average molecular weight is 364 g/mol. The lowest BCUT2D eigenvalue weighted by Crippen LogP contribution is -2.42. The van der Waals surface area contributed by atoms with Gasteiger partial charge in [-0.05, 0) is 23.1 Å². The van der Waals surface area contributed by atoms with Gasteiger partial charge in [0.2, 0.25) is 5.91 Å². The lowest BCUT2D eigenvalue weighted by Gasteiger charge is -2.27. The first kappa shape index (κ1) is 18.5. The highest BCUT2D eigenvalue weighted by atomic mass is 16.6. The number of carbonyl (C=O) groups is 2. The van der Waals surface area contributed by atoms with Crippen LogP contribution >= 0.6 is 0 Å². The molecule has 27 heavy (non-hydrogen) atoms. The summed E-state index contributed by atoms with van der Waals surface area (Å²) >= 11 is 0. The Morgan fingerprint density at radius 3 is 2.44 bits per heavy atom. The predicted molar refractivity (Wildman–Crippen MR) is 99.8 cm³/mol. The topological polar surface area (TPSA) is 95.4 Å². The first-order valence-corrected chi connectivity index (χ1v) is 8.81. The Labute approximate surface area is 157 Å². The van der Waals surface area contributed by atoms with E-state index in [4.69, 9.17) is 10.3 Å². The summed E-state index contributed by atoms with van der Waals surface area (Å²) in [5, 5.41) is 3.76. The zero-order valence-corrected chi connectivity index (χ0v) is 14.9. The van der Waals surface area contributed by atoms with E-state index in [0.717, 1.165) is 16.0 Å². The number of azide groups is 1. The van der Waals surface area contributed by atoms with E-state index in [-0.39, 0.29) is 12.5 Å². The minimum atomic E-state index is -1.03. The van der Waals surface area contributed by atoms with E-state index in [9.17, 15) is 9.59 Å². The molecule has 0 unspecified atom stereocenters. The number of rotatable bonds is 6. The van der Waals surface area contributed by atoms with Crippen molar-refractivity contribution in [2.75, 3.05) is 6.61 Å². The predicted octanol–water partition coefficient (Wildman–Crippen LogP) is 4.58. The van der Waals surface area contributed by atoms with Gasteiger partial charge in [-0.1, -0.05) is 72.7 Å². The number of imide groups is 1. The van der Waals surface area contributed by atoms with Crippen molar-refractivity contribution >= 4 is 12.0 Å². The maximum absolute atomic E-state index is 13.3. The van der Waals surface area contributed by atoms with Crippen LogP contribution in [0.4, 0.5) is 4.79 Å². The summed E-state index contributed by atoms with van der Waals surface area (Å²) in [5.41, 5.74) is 10.7. The number of amides is 2. The second kappa shape index (κ2) is 8.38. The van der Waals surface area contributed by atoms with Gasteiger partial charge < -0.3 is 4.74 Å². The zero-order chi connectivity index (χ0) is 19.2. The number of benzene rings is 2. The molecule has 1 heterocycles. The minimum absolute atomic E-state index is 0.0830. The highest BCUT2D eigenvalue weighted by Crippen LogP contribution is 2.33. The van der Waals surface area contributed by atoms with E-state index in [0.29, 0.717) is 6.42 Å². The molecular weight excluding hydrogens is 344 g/mol. The van der Waals surface area contributed by atoms with Crippen LogP contribution in [0.15, 0.2) is 65.8 Å². The van der Waals surface area contributed by atoms with Gasteiger partial charge in [-0.25, -0.2) is 9.69 Å². The van der Waals surface area contributed by atoms with Gasteiger partial charge in [0.1, 0.15) is 18.7 Å². The van der Waals surface area contributed by atoms with Gasteiger partial charge in [-0.2, -0.15) is 0 Å². The molecule has 138 valence electrons. The van der Waals surface area contributed by atoms with Gasteiger partial charge in [-0.3, -0.25) is 4.79 Å². The molecule has 0 spiro atoms. The van der Waals surface area contributed by atoms with Gasteiger partial charge >= 0.3 is 6.09 Å². The summed E-state index contributed by atoms with van der Waals surface area (Å²) in [6, 6.07) is 17.0. The second-order valence-corrected chi connectivity index (χ2v) is 6.29. The normalized spacial score (nSPS) is 18.3. The van der Waals surface area contributed by atoms with Gasteiger partial charge in [0.05, 0.1) is 0 Å². The molecule has 1 aliphatic heterocycles. The quantitative estimate of drug-likeness (QED) is 0.426. The maximum atomic E-state index is 13.3. The van der Waals surface area contributed by atoms with Gasteiger partial charge in [0.25, 0.3) is 0 Å². The average Bonchev–Trinajstić information content (AvgIpc) is 3.10. The van der Waals surface area contributed by atoms with E-state index >= 15 is 0 Å². The number of cyclic esters (lactones) is 1. The Kier molecular flexibility index (Phi) is 5.74. The molecule has 0 N–H and O–H groups in total. The van der Waals surface area contributed by atoms with Crippen LogP contribution in [0.5, 0.6) is 0 Å². The molecular formula is C20H20N4O3. The molecule has 7 nitrogen and oxygen atoms in total. The fourth-order valence-corrected chi connectivity index (χ4v) is 3.43. The summed E-state index contributed by atoms with van der Waals surface area (Å²) in [4.78, 5) is 29.5. The van der Waals surface area contributed by atoms with Crippen LogP contribution in [0.1, 0.15) is 36.4 Å². The Balaban J connectivity index is 1.96. The molecule has 1 fully saturated rings. The van der Waals surface area contributed by atoms with Gasteiger partial charge in [-0.15, -0.1) is 0 Å². The third-order valence-electron chi connectivity index (χ3n) is 4.77. The lowest BCUT2D eigenvalue weighted by molar-refractivity contribution is -0.131. The van der Waals surface area contributed by atoms with Gasteiger partial charge in [0, 0.05) is 10.8 Å². The summed E-state index contributed by atoms with van der Waals surface area (Å²) in [5.74, 6) is -0.876. The van der Waals surface area contributed by atoms with E-state index in [1.807, 2.05) is 67.6 Å². The first-order chi connectivity index (χ1) is 13.2. The summed E-state index contributed by atoms with van der Waals surface area (Å²) < 4.78 is 5.13. The van der Waals surface area contributed by atoms with Crippen LogP contribution in [0.2, 0.25) is 0 Å². The molecule has 1 aliphatic rings. The van der Waals surface area contributed by atoms with Crippen LogP contribution in [0.25, 0.3) is 10.4 Å². The van der Waals surface area contributed by atoms with E-state index in [1.54, 1.807) is 0 Å². The highest BCUT2D eigenvalue weighted by molar-refractivity contribution is 5.97. The fourth-order valence-electron chi connectivity index (χ4n) is 3.43. The summed E-state index contributed by atoms with van der Waals surface area (Å²) in [6.07, 6.45) is -0.131. The number of ether oxygens (including phenoxy) is 1. The lowest BCUT2D eigenvalue weighted by atomic mass is 9.88. The van der Waals surface area contributed by atoms with E-state index in [1.165, 1.54) is 0 Å². The molecule has 0 radical (unpaired) electrons. The third kappa shape index (κ3) is 3.78. The Hall–Kier alpha value is -3.31. The third-order valence-corrected chi connectivity index (χ3v) is 4.77. The van der Waals surface area contributed by atoms with E-state index in [2.05, 4.69) is 10.0 Å². The van der Waals surface area contributed by atoms with Crippen LogP contribution in [0, 0.1) is 0 Å². The van der Waals surface area contributed by atoms with Gasteiger partial charge in [0.15, 0.2) is 0 Å². The molecule has 2 amide bonds. The van der Waals surface area contributed by atoms with Crippen LogP contribution in [-0.4, -0.2) is 29.5 Å². The zero-order valence-electron chi connectivity index (χ0n) is 14.9. The van der Waals surface area contributed by atoms with Crippen LogP contribution < -0.4 is 0 Å². The smallest absolute Gasteiger partial charge is 0.417 e. The molecule has 0 saturated carbocycles. The summed E-state index contributed by atoms with van der Waals surface area (Å²) in [7, 11) is 0. The van der Waals surface area contributed by atoms with Crippen LogP contribution in [-0.2, 0) is 9.53 Å². The monoisotopic (exact) mass is 364 g/mol. The van der Waals surface area contributed by atoms with Crippen molar-refractivity contribution in [1.29, 1.82) is 0 Å². The van der Waals surface area contributed by atoms with Crippen molar-refractivity contribution in [3.05, 3.63) is 82.2 Å². The largest absolute Gasteiger partial charge is 0.446 e. The molecule has 1 saturated heterocycles. The molecule has 2 aromatic rings. The van der Waals surface area contributed by atoms with Crippen molar-refractivity contribution in [3.63, 3.8) is 0 Å². The highest BCUT2D eigenvalue weighted by Gasteiger charge is 2.43. The number of hydrogen-bond acceptors (Lipinski definition) is 4. The number of nitrogens with zero attached hydrogens (tertiary/aromatic N) is 4. The van der Waals surface area contributed by atoms with Crippen molar-refractivity contribution in [2.45, 2.75) is 31.3 Å². The molecule has 0 aliphatic carbocycles. The minimum Gasteiger partial charge on any atom is -0.446 e. The van der Waals surface area contributed by atoms with E-state index < -0.39 is 24.1 Å². The second-order valence-electron chi connectivity index (χ2n) is 6.29. The SMILES string of the molecule is CC[C@@H](c1ccccc1)[C@H](N=[N+]=[N-])C(=O)N1C(=O)OC[C@@H]1c1ccccc1. The van der Waals surface area contributed by atoms with Crippen molar-refractivity contribution in [3.8, 4) is 0 Å². The molecule has 3 rings (SSSR count). The summed E-state index contributed by atoms with van der Waals surface area (Å²) in [6.45, 7) is 2.00.